The number of benzene rings is 9. The Morgan fingerprint density at radius 3 is 1.80 bits per heavy atom. The molecule has 6 heteroatoms. The Kier molecular flexibility index (Phi) is 4.07. The van der Waals surface area contributed by atoms with Crippen molar-refractivity contribution in [2.45, 2.75) is 59.3 Å². The molecule has 0 fully saturated rings. The van der Waals surface area contributed by atoms with Gasteiger partial charge >= 0.3 is 0 Å². The SMILES string of the molecule is [2H]c1c([2H])c2c3c(c1[2H])-n1c4c([2H])c([2H])c([2H])c([2H])c4c4c([2H])c([2H])c([2H])c(c41)N3c1c([2H])c(C)c([2H])c3c1B2c1c([2H])c([2H])c(-n2c4c([2H])c([2H])c(C(C)(C)C)c([2H])c4c4c([2H])c(C(C)(C)C)c([2H])c([2H])c42)c([2H])c1N3c1c([2H])c([2H])c([2H])c2c1sc1c([2H])c([2H])c([2H])c([2H])c12. The van der Waals surface area contributed by atoms with E-state index in [4.69, 9.17) is 5.48 Å². The molecule has 0 saturated heterocycles. The molecule has 0 bridgehead atoms. The van der Waals surface area contributed by atoms with Crippen LogP contribution in [0.1, 0.15) is 96.6 Å². The van der Waals surface area contributed by atoms with Gasteiger partial charge in [0.2, 0.25) is 0 Å². The molecular formula is C63H49BN4S. The predicted octanol–water partition coefficient (Wildman–Crippen LogP) is 15.5. The second kappa shape index (κ2) is 13.4. The number of thiophene rings is 1. The summed E-state index contributed by atoms with van der Waals surface area (Å²) in [5.41, 5.74) is -8.60. The summed E-state index contributed by atoms with van der Waals surface area (Å²) in [6.07, 6.45) is 0. The first-order chi connectivity index (χ1) is 45.1. The molecule has 0 radical (unpaired) electrons. The standard InChI is InChI=1S/C63H49BN4S/c1-36-31-55-58-56(32-36)68-51-21-12-17-42-40-15-8-10-20-48(40)67(59(42)51)52-22-14-19-47(60(52)68)64(58)46-28-27-39(35-54(46)66(55)53-23-13-18-43-41-16-9-11-24-57(41)69-61(43)53)65-49-29-25-37(62(2,3)4)33-44(49)45-34-38(63(5,6)7)26-30-50(45)65/h8-35H,1-7H3/i8D,9D,10D,11D,12D,13D,14D,15D,16D,17D,18D,19D,20D,21D,22D,23D,24D,25D,26D,27D,28D,29D,30D,31D,32D,33D,34D,35D. The van der Waals surface area contributed by atoms with Crippen molar-refractivity contribution in [2.24, 2.45) is 0 Å². The van der Waals surface area contributed by atoms with Crippen LogP contribution in [0.3, 0.4) is 0 Å². The number of rotatable bonds is 2. The van der Waals surface area contributed by atoms with E-state index in [9.17, 15) is 32.9 Å². The van der Waals surface area contributed by atoms with Crippen LogP contribution in [0.25, 0.3) is 75.2 Å². The van der Waals surface area contributed by atoms with Crippen LogP contribution in [0.5, 0.6) is 0 Å². The Morgan fingerprint density at radius 1 is 0.449 bits per heavy atom. The van der Waals surface area contributed by atoms with Crippen LogP contribution in [0.15, 0.2) is 169 Å². The van der Waals surface area contributed by atoms with Crippen molar-refractivity contribution in [1.82, 2.24) is 9.13 Å². The second-order valence-electron chi connectivity index (χ2n) is 19.6. The van der Waals surface area contributed by atoms with Crippen molar-refractivity contribution in [1.29, 1.82) is 0 Å². The van der Waals surface area contributed by atoms with Crippen LogP contribution in [0.2, 0.25) is 0 Å². The number of anilines is 6. The first-order valence-corrected chi connectivity index (χ1v) is 23.0. The number of fused-ring (bicyclic) bond motifs is 15. The first-order valence-electron chi connectivity index (χ1n) is 36.2. The van der Waals surface area contributed by atoms with E-state index >= 15 is 0 Å². The van der Waals surface area contributed by atoms with Gasteiger partial charge in [0, 0.05) is 59.8 Å². The molecule has 0 aliphatic carbocycles. The summed E-state index contributed by atoms with van der Waals surface area (Å²) in [7, 11) is 0. The minimum atomic E-state index is -1.91. The van der Waals surface area contributed by atoms with E-state index < -0.39 is 225 Å². The molecule has 0 atom stereocenters. The Morgan fingerprint density at radius 2 is 1.06 bits per heavy atom. The van der Waals surface area contributed by atoms with Crippen LogP contribution >= 0.6 is 11.3 Å². The van der Waals surface area contributed by atoms with Crippen molar-refractivity contribution in [3.8, 4) is 11.4 Å². The number of para-hydroxylation sites is 3. The molecule has 12 aromatic rings. The van der Waals surface area contributed by atoms with Gasteiger partial charge in [0.1, 0.15) is 0 Å². The lowest BCUT2D eigenvalue weighted by atomic mass is 9.33. The number of hydrogen-bond acceptors (Lipinski definition) is 3. The average Bonchev–Trinajstić information content (AvgIpc) is 1.65. The molecule has 15 rings (SSSR count). The van der Waals surface area contributed by atoms with Crippen LogP contribution in [-0.4, -0.2) is 15.8 Å². The molecule has 3 aliphatic rings. The molecule has 6 heterocycles. The van der Waals surface area contributed by atoms with Gasteiger partial charge in [0.05, 0.1) is 87.9 Å². The third-order valence-corrected chi connectivity index (χ3v) is 14.4. The van der Waals surface area contributed by atoms with E-state index in [0.717, 1.165) is 14.0 Å². The van der Waals surface area contributed by atoms with E-state index in [1.54, 1.807) is 41.5 Å². The van der Waals surface area contributed by atoms with Gasteiger partial charge in [-0.2, -0.15) is 0 Å². The van der Waals surface area contributed by atoms with Gasteiger partial charge in [-0.05, 0) is 129 Å². The highest BCUT2D eigenvalue weighted by Crippen LogP contribution is 2.54. The van der Waals surface area contributed by atoms with Crippen LogP contribution < -0.4 is 26.2 Å². The quantitative estimate of drug-likeness (QED) is 0.161. The number of nitrogens with zero attached hydrogens (tertiary/aromatic N) is 4. The largest absolute Gasteiger partial charge is 0.310 e. The fraction of sp³-hybridized carbons (Fsp3) is 0.143. The molecule has 0 amide bonds. The molecule has 69 heavy (non-hydrogen) atoms. The summed E-state index contributed by atoms with van der Waals surface area (Å²) in [6.45, 7) is 9.69. The molecule has 0 saturated carbocycles. The van der Waals surface area contributed by atoms with Crippen molar-refractivity contribution >= 4 is 132 Å². The van der Waals surface area contributed by atoms with Crippen molar-refractivity contribution in [3.63, 3.8) is 0 Å². The van der Waals surface area contributed by atoms with Crippen LogP contribution in [0.4, 0.5) is 34.1 Å². The molecule has 0 unspecified atom stereocenters. The topological polar surface area (TPSA) is 16.3 Å². The van der Waals surface area contributed by atoms with Crippen molar-refractivity contribution in [2.75, 3.05) is 9.80 Å². The molecule has 0 spiro atoms. The molecule has 0 N–H and O–H groups in total. The minimum absolute atomic E-state index is 0.0411. The van der Waals surface area contributed by atoms with Crippen LogP contribution in [0, 0.1) is 6.92 Å². The van der Waals surface area contributed by atoms with E-state index in [1.165, 1.54) is 11.8 Å². The summed E-state index contributed by atoms with van der Waals surface area (Å²) >= 11 is 0.649. The zero-order valence-corrected chi connectivity index (χ0v) is 38.6. The zero-order valence-electron chi connectivity index (χ0n) is 65.8. The highest BCUT2D eigenvalue weighted by atomic mass is 32.1. The third-order valence-electron chi connectivity index (χ3n) is 13.3. The first kappa shape index (κ1) is 21.0. The van der Waals surface area contributed by atoms with Crippen LogP contribution in [-0.2, 0) is 10.8 Å². The second-order valence-corrected chi connectivity index (χ2v) is 20.6. The monoisotopic (exact) mass is 933 g/mol. The Bertz CT molecular complexity index is 5850. The number of aromatic nitrogens is 2. The predicted molar refractivity (Wildman–Crippen MR) is 298 cm³/mol. The summed E-state index contributed by atoms with van der Waals surface area (Å²) in [6, 6.07) is -19.5. The Hall–Kier alpha value is -7.54. The lowest BCUT2D eigenvalue weighted by Gasteiger charge is -2.46. The summed E-state index contributed by atoms with van der Waals surface area (Å²) < 4.78 is 275. The zero-order chi connectivity index (χ0) is 70.8. The van der Waals surface area contributed by atoms with Crippen molar-refractivity contribution < 1.29 is 38.4 Å². The lowest BCUT2D eigenvalue weighted by molar-refractivity contribution is 0.590. The van der Waals surface area contributed by atoms with Gasteiger partial charge in [-0.3, -0.25) is 0 Å². The maximum Gasteiger partial charge on any atom is 0.252 e. The Balaban J connectivity index is 1.23. The van der Waals surface area contributed by atoms with Gasteiger partial charge in [0.25, 0.3) is 6.71 Å². The highest BCUT2D eigenvalue weighted by molar-refractivity contribution is 7.26. The molecular weight excluding hydrogens is 856 g/mol. The fourth-order valence-electron chi connectivity index (χ4n) is 10.3. The third kappa shape index (κ3) is 5.19. The average molecular weight is 933 g/mol. The van der Waals surface area contributed by atoms with E-state index in [0.29, 0.717) is 11.3 Å². The van der Waals surface area contributed by atoms with E-state index in [-0.39, 0.29) is 104 Å². The van der Waals surface area contributed by atoms with Crippen molar-refractivity contribution in [3.05, 3.63) is 186 Å². The Labute approximate surface area is 445 Å². The van der Waals surface area contributed by atoms with Gasteiger partial charge in [-0.15, -0.1) is 11.3 Å². The normalized spacial score (nSPS) is 19.6. The van der Waals surface area contributed by atoms with Gasteiger partial charge in [0.15, 0.2) is 0 Å². The van der Waals surface area contributed by atoms with Gasteiger partial charge in [-0.1, -0.05) is 132 Å². The summed E-state index contributed by atoms with van der Waals surface area (Å²) in [5.74, 6) is 0. The van der Waals surface area contributed by atoms with E-state index in [2.05, 4.69) is 0 Å². The molecule has 9 aromatic carbocycles. The van der Waals surface area contributed by atoms with Gasteiger partial charge < -0.3 is 18.9 Å². The van der Waals surface area contributed by atoms with Gasteiger partial charge in [-0.25, -0.2) is 0 Å². The summed E-state index contributed by atoms with van der Waals surface area (Å²) in [5, 5.41) is -1.58. The van der Waals surface area contributed by atoms with E-state index in [1.807, 2.05) is 0 Å². The molecule has 330 valence electrons. The summed E-state index contributed by atoms with van der Waals surface area (Å²) in [4.78, 5) is 2.30. The maximum absolute atomic E-state index is 11.1. The smallest absolute Gasteiger partial charge is 0.252 e. The highest BCUT2D eigenvalue weighted by Gasteiger charge is 2.46. The number of hydrogen-bond donors (Lipinski definition) is 0. The minimum Gasteiger partial charge on any atom is -0.310 e. The molecule has 3 aliphatic heterocycles. The fourth-order valence-corrected chi connectivity index (χ4v) is 11.3. The molecule has 3 aromatic heterocycles. The maximum atomic E-state index is 11.1. The lowest BCUT2D eigenvalue weighted by Crippen LogP contribution is -2.61. The molecule has 4 nitrogen and oxygen atoms in total.